The number of hydrogen-bond donors (Lipinski definition) is 1. The van der Waals surface area contributed by atoms with Gasteiger partial charge in [-0.2, -0.15) is 5.10 Å². The second-order valence-corrected chi connectivity index (χ2v) is 5.16. The Kier molecular flexibility index (Phi) is 4.27. The Morgan fingerprint density at radius 2 is 1.90 bits per heavy atom. The van der Waals surface area contributed by atoms with E-state index < -0.39 is 17.7 Å². The Labute approximate surface area is 122 Å². The quantitative estimate of drug-likeness (QED) is 0.943. The highest BCUT2D eigenvalue weighted by Crippen LogP contribution is 2.33. The van der Waals surface area contributed by atoms with Crippen molar-refractivity contribution in [2.24, 2.45) is 0 Å². The molecule has 0 aliphatic carbocycles. The molecule has 0 fully saturated rings. The third kappa shape index (κ3) is 2.76. The highest BCUT2D eigenvalue weighted by Gasteiger charge is 2.25. The lowest BCUT2D eigenvalue weighted by Crippen LogP contribution is -2.14. The minimum Gasteiger partial charge on any atom is -0.493 e. The highest BCUT2D eigenvalue weighted by molar-refractivity contribution is 5.37. The Morgan fingerprint density at radius 3 is 2.48 bits per heavy atom. The van der Waals surface area contributed by atoms with E-state index in [0.29, 0.717) is 11.4 Å². The lowest BCUT2D eigenvalue weighted by molar-refractivity contribution is 0.194. The summed E-state index contributed by atoms with van der Waals surface area (Å²) in [5.74, 6) is -1.09. The van der Waals surface area contributed by atoms with Gasteiger partial charge in [0.2, 0.25) is 0 Å². The van der Waals surface area contributed by atoms with Crippen LogP contribution >= 0.6 is 0 Å². The summed E-state index contributed by atoms with van der Waals surface area (Å²) in [5, 5.41) is 14.7. The molecular weight excluding hydrogens is 278 g/mol. The molecule has 21 heavy (non-hydrogen) atoms. The van der Waals surface area contributed by atoms with Crippen LogP contribution in [0.2, 0.25) is 0 Å². The van der Waals surface area contributed by atoms with E-state index >= 15 is 0 Å². The van der Waals surface area contributed by atoms with Gasteiger partial charge in [-0.25, -0.2) is 8.78 Å². The standard InChI is InChI=1S/C15H18F2N2O2/c1-8(2)19-14(13(21-4)7-18-19)15(20)10-5-9(3)11(16)6-12(10)17/h5-8,15,20H,1-4H3. The van der Waals surface area contributed by atoms with Crippen molar-refractivity contribution in [3.05, 3.63) is 46.8 Å². The van der Waals surface area contributed by atoms with Gasteiger partial charge in [0.05, 0.1) is 13.3 Å². The number of hydrogen-bond acceptors (Lipinski definition) is 3. The van der Waals surface area contributed by atoms with Gasteiger partial charge in [-0.15, -0.1) is 0 Å². The van der Waals surface area contributed by atoms with Crippen molar-refractivity contribution >= 4 is 0 Å². The number of methoxy groups -OCH3 is 1. The van der Waals surface area contributed by atoms with Crippen molar-refractivity contribution in [3.63, 3.8) is 0 Å². The summed E-state index contributed by atoms with van der Waals surface area (Å²) in [7, 11) is 1.45. The van der Waals surface area contributed by atoms with Gasteiger partial charge >= 0.3 is 0 Å². The number of aryl methyl sites for hydroxylation is 1. The van der Waals surface area contributed by atoms with Gasteiger partial charge < -0.3 is 9.84 Å². The van der Waals surface area contributed by atoms with Crippen LogP contribution in [0.5, 0.6) is 5.75 Å². The summed E-state index contributed by atoms with van der Waals surface area (Å²) in [6.07, 6.45) is 0.177. The zero-order valence-corrected chi connectivity index (χ0v) is 12.4. The van der Waals surface area contributed by atoms with E-state index in [0.717, 1.165) is 6.07 Å². The van der Waals surface area contributed by atoms with Gasteiger partial charge in [0.1, 0.15) is 23.4 Å². The zero-order valence-electron chi connectivity index (χ0n) is 12.4. The van der Waals surface area contributed by atoms with E-state index in [-0.39, 0.29) is 17.2 Å². The number of aliphatic hydroxyl groups is 1. The molecular formula is C15H18F2N2O2. The summed E-state index contributed by atoms with van der Waals surface area (Å²) >= 11 is 0. The van der Waals surface area contributed by atoms with Crippen LogP contribution in [0, 0.1) is 18.6 Å². The van der Waals surface area contributed by atoms with Crippen molar-refractivity contribution < 1.29 is 18.6 Å². The molecule has 114 valence electrons. The molecule has 0 aliphatic rings. The van der Waals surface area contributed by atoms with Crippen LogP contribution in [-0.2, 0) is 0 Å². The van der Waals surface area contributed by atoms with E-state index in [9.17, 15) is 13.9 Å². The molecule has 1 unspecified atom stereocenters. The molecule has 1 aromatic carbocycles. The lowest BCUT2D eigenvalue weighted by Gasteiger charge is -2.18. The molecule has 6 heteroatoms. The molecule has 0 saturated carbocycles. The molecule has 2 rings (SSSR count). The Balaban J connectivity index is 2.57. The average Bonchev–Trinajstić information content (AvgIpc) is 2.86. The normalized spacial score (nSPS) is 12.8. The summed E-state index contributed by atoms with van der Waals surface area (Å²) in [6.45, 7) is 5.28. The van der Waals surface area contributed by atoms with Crippen LogP contribution in [0.4, 0.5) is 8.78 Å². The second kappa shape index (κ2) is 5.81. The summed E-state index contributed by atoms with van der Waals surface area (Å²) in [4.78, 5) is 0. The number of rotatable bonds is 4. The fourth-order valence-corrected chi connectivity index (χ4v) is 2.22. The van der Waals surface area contributed by atoms with Crippen molar-refractivity contribution in [1.82, 2.24) is 9.78 Å². The maximum Gasteiger partial charge on any atom is 0.163 e. The maximum absolute atomic E-state index is 14.0. The minimum atomic E-state index is -1.29. The van der Waals surface area contributed by atoms with Gasteiger partial charge in [-0.05, 0) is 32.4 Å². The monoisotopic (exact) mass is 296 g/mol. The topological polar surface area (TPSA) is 47.3 Å². The van der Waals surface area contributed by atoms with E-state index in [1.165, 1.54) is 26.3 Å². The van der Waals surface area contributed by atoms with Crippen LogP contribution in [0.25, 0.3) is 0 Å². The molecule has 1 N–H and O–H groups in total. The highest BCUT2D eigenvalue weighted by atomic mass is 19.1. The predicted molar refractivity (Wildman–Crippen MR) is 74.3 cm³/mol. The Hall–Kier alpha value is -1.95. The first-order valence-electron chi connectivity index (χ1n) is 6.61. The Morgan fingerprint density at radius 1 is 1.24 bits per heavy atom. The number of ether oxygens (including phenoxy) is 1. The molecule has 1 atom stereocenters. The van der Waals surface area contributed by atoms with E-state index in [2.05, 4.69) is 5.10 Å². The molecule has 0 radical (unpaired) electrons. The first-order chi connectivity index (χ1) is 9.86. The first kappa shape index (κ1) is 15.4. The number of aliphatic hydroxyl groups excluding tert-OH is 1. The first-order valence-corrected chi connectivity index (χ1v) is 6.61. The van der Waals surface area contributed by atoms with Crippen LogP contribution < -0.4 is 4.74 Å². The summed E-state index contributed by atoms with van der Waals surface area (Å²) in [6, 6.07) is 2.03. The van der Waals surface area contributed by atoms with Crippen LogP contribution in [-0.4, -0.2) is 22.0 Å². The zero-order chi connectivity index (χ0) is 15.7. The number of halogens is 2. The van der Waals surface area contributed by atoms with Gasteiger partial charge in [0.25, 0.3) is 0 Å². The predicted octanol–water partition coefficient (Wildman–Crippen LogP) is 3.14. The summed E-state index contributed by atoms with van der Waals surface area (Å²) in [5.41, 5.74) is 0.604. The maximum atomic E-state index is 14.0. The largest absolute Gasteiger partial charge is 0.493 e. The molecule has 0 bridgehead atoms. The second-order valence-electron chi connectivity index (χ2n) is 5.16. The third-order valence-corrected chi connectivity index (χ3v) is 3.34. The molecule has 1 aromatic heterocycles. The molecule has 1 heterocycles. The molecule has 2 aromatic rings. The fraction of sp³-hybridized carbons (Fsp3) is 0.400. The summed E-state index contributed by atoms with van der Waals surface area (Å²) < 4.78 is 34.1. The molecule has 0 spiro atoms. The fourth-order valence-electron chi connectivity index (χ4n) is 2.22. The van der Waals surface area contributed by atoms with Crippen molar-refractivity contribution in [1.29, 1.82) is 0 Å². The van der Waals surface area contributed by atoms with Crippen LogP contribution in [0.15, 0.2) is 18.3 Å². The third-order valence-electron chi connectivity index (χ3n) is 3.34. The lowest BCUT2D eigenvalue weighted by atomic mass is 10.0. The van der Waals surface area contributed by atoms with Crippen molar-refractivity contribution in [2.75, 3.05) is 7.11 Å². The van der Waals surface area contributed by atoms with E-state index in [1.807, 2.05) is 13.8 Å². The minimum absolute atomic E-state index is 0.00500. The molecule has 0 aliphatic heterocycles. The van der Waals surface area contributed by atoms with Crippen molar-refractivity contribution in [3.8, 4) is 5.75 Å². The van der Waals surface area contributed by atoms with Crippen LogP contribution in [0.3, 0.4) is 0 Å². The number of nitrogens with zero attached hydrogens (tertiary/aromatic N) is 2. The van der Waals surface area contributed by atoms with Gasteiger partial charge in [-0.1, -0.05) is 0 Å². The van der Waals surface area contributed by atoms with Gasteiger partial charge in [-0.3, -0.25) is 4.68 Å². The SMILES string of the molecule is COc1cnn(C(C)C)c1C(O)c1cc(C)c(F)cc1F. The van der Waals surface area contributed by atoms with Crippen molar-refractivity contribution in [2.45, 2.75) is 32.9 Å². The smallest absolute Gasteiger partial charge is 0.163 e. The van der Waals surface area contributed by atoms with Gasteiger partial charge in [0.15, 0.2) is 5.75 Å². The molecule has 0 saturated heterocycles. The van der Waals surface area contributed by atoms with Crippen LogP contribution in [0.1, 0.15) is 42.8 Å². The van der Waals surface area contributed by atoms with E-state index in [1.54, 1.807) is 4.68 Å². The molecule has 4 nitrogen and oxygen atoms in total. The number of benzene rings is 1. The molecule has 0 amide bonds. The van der Waals surface area contributed by atoms with Gasteiger partial charge in [0, 0.05) is 17.7 Å². The Bertz CT molecular complexity index is 653. The average molecular weight is 296 g/mol. The number of aromatic nitrogens is 2. The van der Waals surface area contributed by atoms with E-state index in [4.69, 9.17) is 4.74 Å².